The molecule has 0 radical (unpaired) electrons. The molecule has 1 heterocycles. The molecule has 0 aliphatic rings. The lowest BCUT2D eigenvalue weighted by Gasteiger charge is -2.04. The first-order valence-electron chi connectivity index (χ1n) is 5.58. The number of hydrogen-bond acceptors (Lipinski definition) is 6. The molecule has 110 valence electrons. The number of benzene rings is 1. The summed E-state index contributed by atoms with van der Waals surface area (Å²) in [6.45, 7) is 0. The van der Waals surface area contributed by atoms with E-state index in [9.17, 15) is 23.3 Å². The molecule has 0 atom stereocenters. The molecule has 2 aromatic rings. The molecule has 9 heteroatoms. The van der Waals surface area contributed by atoms with Crippen LogP contribution in [0.5, 0.6) is 0 Å². The van der Waals surface area contributed by atoms with E-state index in [2.05, 4.69) is 0 Å². The molecule has 0 fully saturated rings. The third-order valence-corrected chi connectivity index (χ3v) is 5.32. The number of hydrogen-bond donors (Lipinski definition) is 1. The summed E-state index contributed by atoms with van der Waals surface area (Å²) in [4.78, 5) is 20.8. The first-order valence-corrected chi connectivity index (χ1v) is 8.11. The lowest BCUT2D eigenvalue weighted by Crippen LogP contribution is -2.07. The van der Waals surface area contributed by atoms with Crippen molar-refractivity contribution in [3.05, 3.63) is 56.3 Å². The van der Waals surface area contributed by atoms with Crippen molar-refractivity contribution >= 4 is 32.8 Å². The van der Waals surface area contributed by atoms with Crippen LogP contribution in [0.15, 0.2) is 40.6 Å². The van der Waals surface area contributed by atoms with Crippen LogP contribution in [-0.4, -0.2) is 24.4 Å². The molecule has 0 saturated carbocycles. The van der Waals surface area contributed by atoms with Gasteiger partial charge in [0.05, 0.1) is 15.6 Å². The van der Waals surface area contributed by atoms with E-state index in [0.717, 1.165) is 35.6 Å². The standard InChI is InChI=1S/C12H9NO6S2/c14-12(15)11-8(5-6-20-11)7-21(18,19)10-3-1-9(2-4-10)13(16)17/h1-6H,7H2,(H,14,15). The molecule has 1 aromatic carbocycles. The number of non-ortho nitro benzene ring substituents is 1. The van der Waals surface area contributed by atoms with E-state index in [1.165, 1.54) is 11.4 Å². The number of carbonyl (C=O) groups is 1. The van der Waals surface area contributed by atoms with Gasteiger partial charge in [0.15, 0.2) is 9.84 Å². The number of carboxylic acids is 1. The summed E-state index contributed by atoms with van der Waals surface area (Å²) in [6.07, 6.45) is 0. The summed E-state index contributed by atoms with van der Waals surface area (Å²) in [5, 5.41) is 21.0. The summed E-state index contributed by atoms with van der Waals surface area (Å²) < 4.78 is 24.4. The van der Waals surface area contributed by atoms with Gasteiger partial charge in [-0.25, -0.2) is 13.2 Å². The Labute approximate surface area is 123 Å². The SMILES string of the molecule is O=C(O)c1sccc1CS(=O)(=O)c1ccc([N+](=O)[O-])cc1. The molecule has 0 unspecified atom stereocenters. The molecule has 1 aromatic heterocycles. The third-order valence-electron chi connectivity index (χ3n) is 2.69. The average molecular weight is 327 g/mol. The molecule has 0 aliphatic carbocycles. The van der Waals surface area contributed by atoms with Crippen molar-refractivity contribution in [1.29, 1.82) is 0 Å². The van der Waals surface area contributed by atoms with Gasteiger partial charge >= 0.3 is 5.97 Å². The van der Waals surface area contributed by atoms with E-state index in [1.54, 1.807) is 0 Å². The molecule has 0 aliphatic heterocycles. The van der Waals surface area contributed by atoms with Crippen LogP contribution in [0.4, 0.5) is 5.69 Å². The summed E-state index contributed by atoms with van der Waals surface area (Å²) in [5.41, 5.74) is -0.0124. The fraction of sp³-hybridized carbons (Fsp3) is 0.0833. The topological polar surface area (TPSA) is 115 Å². The van der Waals surface area contributed by atoms with Gasteiger partial charge in [-0.05, 0) is 29.1 Å². The fourth-order valence-electron chi connectivity index (χ4n) is 1.70. The fourth-order valence-corrected chi connectivity index (χ4v) is 3.92. The lowest BCUT2D eigenvalue weighted by molar-refractivity contribution is -0.384. The highest BCUT2D eigenvalue weighted by atomic mass is 32.2. The Kier molecular flexibility index (Phi) is 4.05. The van der Waals surface area contributed by atoms with Crippen LogP contribution in [0.1, 0.15) is 15.2 Å². The predicted octanol–water partition coefficient (Wildman–Crippen LogP) is 2.33. The van der Waals surface area contributed by atoms with Crippen LogP contribution in [0, 0.1) is 10.1 Å². The first kappa shape index (κ1) is 15.1. The molecule has 21 heavy (non-hydrogen) atoms. The van der Waals surface area contributed by atoms with E-state index in [4.69, 9.17) is 5.11 Å². The Bertz CT molecular complexity index is 791. The molecule has 2 rings (SSSR count). The van der Waals surface area contributed by atoms with Crippen molar-refractivity contribution in [2.75, 3.05) is 0 Å². The quantitative estimate of drug-likeness (QED) is 0.665. The van der Waals surface area contributed by atoms with E-state index in [0.29, 0.717) is 0 Å². The minimum Gasteiger partial charge on any atom is -0.477 e. The molecule has 0 saturated heterocycles. The van der Waals surface area contributed by atoms with Crippen LogP contribution < -0.4 is 0 Å². The maximum atomic E-state index is 12.2. The molecular weight excluding hydrogens is 318 g/mol. The van der Waals surface area contributed by atoms with Crippen LogP contribution in [-0.2, 0) is 15.6 Å². The Morgan fingerprint density at radius 3 is 2.38 bits per heavy atom. The zero-order valence-corrected chi connectivity index (χ0v) is 12.1. The minimum absolute atomic E-state index is 0.0273. The van der Waals surface area contributed by atoms with Crippen molar-refractivity contribution in [3.63, 3.8) is 0 Å². The number of nitro groups is 1. The first-order chi connectivity index (χ1) is 9.81. The second-order valence-corrected chi connectivity index (χ2v) is 7.00. The van der Waals surface area contributed by atoms with Gasteiger partial charge in [-0.3, -0.25) is 10.1 Å². The average Bonchev–Trinajstić information content (AvgIpc) is 2.86. The lowest BCUT2D eigenvalue weighted by atomic mass is 10.3. The van der Waals surface area contributed by atoms with Gasteiger partial charge < -0.3 is 5.11 Å². The van der Waals surface area contributed by atoms with Gasteiger partial charge in [-0.1, -0.05) is 0 Å². The highest BCUT2D eigenvalue weighted by molar-refractivity contribution is 7.90. The zero-order valence-electron chi connectivity index (χ0n) is 10.4. The monoisotopic (exact) mass is 327 g/mol. The smallest absolute Gasteiger partial charge is 0.346 e. The Morgan fingerprint density at radius 1 is 1.24 bits per heavy atom. The molecular formula is C12H9NO6S2. The zero-order chi connectivity index (χ0) is 15.6. The van der Waals surface area contributed by atoms with Crippen LogP contribution in [0.25, 0.3) is 0 Å². The van der Waals surface area contributed by atoms with E-state index >= 15 is 0 Å². The van der Waals surface area contributed by atoms with Crippen molar-refractivity contribution in [2.45, 2.75) is 10.6 Å². The second kappa shape index (κ2) is 5.62. The molecule has 1 N–H and O–H groups in total. The summed E-state index contributed by atoms with van der Waals surface area (Å²) in [5.74, 6) is -1.64. The summed E-state index contributed by atoms with van der Waals surface area (Å²) >= 11 is 0.947. The Hall–Kier alpha value is -2.26. The van der Waals surface area contributed by atoms with Crippen molar-refractivity contribution in [2.24, 2.45) is 0 Å². The van der Waals surface area contributed by atoms with Crippen molar-refractivity contribution in [3.8, 4) is 0 Å². The Balaban J connectivity index is 2.32. The molecule has 0 bridgehead atoms. The van der Waals surface area contributed by atoms with E-state index in [-0.39, 0.29) is 21.0 Å². The van der Waals surface area contributed by atoms with Gasteiger partial charge in [0, 0.05) is 12.1 Å². The molecule has 0 spiro atoms. The van der Waals surface area contributed by atoms with Crippen molar-refractivity contribution in [1.82, 2.24) is 0 Å². The molecule has 7 nitrogen and oxygen atoms in total. The minimum atomic E-state index is -3.76. The maximum Gasteiger partial charge on any atom is 0.346 e. The van der Waals surface area contributed by atoms with E-state index < -0.39 is 26.5 Å². The third kappa shape index (κ3) is 3.26. The summed E-state index contributed by atoms with van der Waals surface area (Å²) in [6, 6.07) is 5.91. The number of nitrogens with zero attached hydrogens (tertiary/aromatic N) is 1. The number of carboxylic acid groups (broad SMARTS) is 1. The highest BCUT2D eigenvalue weighted by Crippen LogP contribution is 2.24. The highest BCUT2D eigenvalue weighted by Gasteiger charge is 2.21. The number of sulfone groups is 1. The molecule has 0 amide bonds. The largest absolute Gasteiger partial charge is 0.477 e. The van der Waals surface area contributed by atoms with Gasteiger partial charge in [0.25, 0.3) is 5.69 Å². The summed E-state index contributed by atoms with van der Waals surface area (Å²) in [7, 11) is -3.76. The van der Waals surface area contributed by atoms with Crippen LogP contribution >= 0.6 is 11.3 Å². The second-order valence-electron chi connectivity index (χ2n) is 4.09. The maximum absolute atomic E-state index is 12.2. The van der Waals surface area contributed by atoms with Gasteiger partial charge in [-0.2, -0.15) is 0 Å². The van der Waals surface area contributed by atoms with E-state index in [1.807, 2.05) is 0 Å². The van der Waals surface area contributed by atoms with Crippen LogP contribution in [0.3, 0.4) is 0 Å². The number of thiophene rings is 1. The Morgan fingerprint density at radius 2 is 1.86 bits per heavy atom. The van der Waals surface area contributed by atoms with Gasteiger partial charge in [0.1, 0.15) is 4.88 Å². The number of nitro benzene ring substituents is 1. The van der Waals surface area contributed by atoms with Crippen LogP contribution in [0.2, 0.25) is 0 Å². The van der Waals surface area contributed by atoms with Gasteiger partial charge in [-0.15, -0.1) is 11.3 Å². The van der Waals surface area contributed by atoms with Crippen molar-refractivity contribution < 1.29 is 23.2 Å². The number of aromatic carboxylic acids is 1. The normalized spacial score (nSPS) is 11.2. The van der Waals surface area contributed by atoms with Gasteiger partial charge in [0.2, 0.25) is 0 Å². The number of rotatable bonds is 5. The predicted molar refractivity (Wildman–Crippen MR) is 75.3 cm³/mol.